The third-order valence-electron chi connectivity index (χ3n) is 2.71. The quantitative estimate of drug-likeness (QED) is 0.776. The van der Waals surface area contributed by atoms with E-state index in [1.165, 1.54) is 11.1 Å². The molecule has 0 aliphatic heterocycles. The number of hydrogen-bond donors (Lipinski definition) is 1. The summed E-state index contributed by atoms with van der Waals surface area (Å²) in [6.45, 7) is 13.1. The molecule has 1 rings (SSSR count). The smallest absolute Gasteiger partial charge is 0.0234 e. The van der Waals surface area contributed by atoms with Gasteiger partial charge < -0.3 is 5.32 Å². The third-order valence-corrected chi connectivity index (χ3v) is 2.71. The predicted octanol–water partition coefficient (Wildman–Crippen LogP) is 3.19. The molecule has 1 N–H and O–H groups in total. The number of hydrogen-bond acceptors (Lipinski definition) is 2. The molecule has 0 heterocycles. The molecule has 0 aliphatic carbocycles. The highest BCUT2D eigenvalue weighted by molar-refractivity contribution is 5.23. The van der Waals surface area contributed by atoms with Gasteiger partial charge in [-0.2, -0.15) is 0 Å². The lowest BCUT2D eigenvalue weighted by atomic mass is 10.1. The summed E-state index contributed by atoms with van der Waals surface area (Å²) in [5.41, 5.74) is 2.86. The average molecular weight is 246 g/mol. The van der Waals surface area contributed by atoms with Crippen LogP contribution in [0.3, 0.4) is 0 Å². The van der Waals surface area contributed by atoms with Crippen LogP contribution in [-0.2, 0) is 13.1 Å². The molecular weight excluding hydrogens is 220 g/mol. The zero-order chi connectivity index (χ0) is 13.6. The zero-order valence-corrected chi connectivity index (χ0v) is 12.2. The fraction of sp³-hybridized carbons (Fsp3) is 0.500. The van der Waals surface area contributed by atoms with Crippen molar-refractivity contribution in [1.82, 2.24) is 10.2 Å². The van der Waals surface area contributed by atoms with E-state index >= 15 is 0 Å². The van der Waals surface area contributed by atoms with Crippen LogP contribution >= 0.6 is 0 Å². The van der Waals surface area contributed by atoms with E-state index in [0.717, 1.165) is 19.6 Å². The minimum atomic E-state index is 0.162. The van der Waals surface area contributed by atoms with E-state index in [0.29, 0.717) is 0 Å². The Balaban J connectivity index is 2.59. The summed E-state index contributed by atoms with van der Waals surface area (Å²) in [6.07, 6.45) is 1.94. The second kappa shape index (κ2) is 6.72. The second-order valence-corrected chi connectivity index (χ2v) is 5.91. The van der Waals surface area contributed by atoms with Gasteiger partial charge in [0.25, 0.3) is 0 Å². The normalized spacial score (nSPS) is 11.8. The molecule has 100 valence electrons. The van der Waals surface area contributed by atoms with Gasteiger partial charge in [-0.1, -0.05) is 30.3 Å². The Labute approximate surface area is 112 Å². The Hall–Kier alpha value is -1.12. The van der Waals surface area contributed by atoms with Crippen molar-refractivity contribution in [3.63, 3.8) is 0 Å². The van der Waals surface area contributed by atoms with Gasteiger partial charge in [-0.15, -0.1) is 6.58 Å². The van der Waals surface area contributed by atoms with Crippen LogP contribution in [0, 0.1) is 0 Å². The highest BCUT2D eigenvalue weighted by Gasteiger charge is 2.08. The van der Waals surface area contributed by atoms with Crippen LogP contribution in [0.4, 0.5) is 0 Å². The summed E-state index contributed by atoms with van der Waals surface area (Å²) in [5, 5.41) is 3.51. The lowest BCUT2D eigenvalue weighted by molar-refractivity contribution is 0.363. The summed E-state index contributed by atoms with van der Waals surface area (Å²) in [4.78, 5) is 2.25. The first-order valence-corrected chi connectivity index (χ1v) is 6.53. The molecule has 0 unspecified atom stereocenters. The van der Waals surface area contributed by atoms with Gasteiger partial charge in [-0.25, -0.2) is 0 Å². The van der Waals surface area contributed by atoms with E-state index in [1.54, 1.807) is 0 Å². The lowest BCUT2D eigenvalue weighted by Gasteiger charge is -2.21. The molecule has 0 saturated heterocycles. The molecule has 18 heavy (non-hydrogen) atoms. The van der Waals surface area contributed by atoms with Gasteiger partial charge in [0, 0.05) is 25.2 Å². The standard InChI is InChI=1S/C16H26N2/c1-6-10-18(5)13-15-9-7-8-14(11-15)12-17-16(2,3)4/h6-9,11,17H,1,10,12-13H2,2-5H3. The van der Waals surface area contributed by atoms with Gasteiger partial charge in [0.1, 0.15) is 0 Å². The van der Waals surface area contributed by atoms with E-state index < -0.39 is 0 Å². The van der Waals surface area contributed by atoms with Crippen LogP contribution in [0.15, 0.2) is 36.9 Å². The lowest BCUT2D eigenvalue weighted by Crippen LogP contribution is -2.35. The van der Waals surface area contributed by atoms with Crippen molar-refractivity contribution >= 4 is 0 Å². The van der Waals surface area contributed by atoms with E-state index in [9.17, 15) is 0 Å². The first-order chi connectivity index (χ1) is 8.40. The first-order valence-electron chi connectivity index (χ1n) is 6.53. The molecule has 0 amide bonds. The minimum absolute atomic E-state index is 0.162. The zero-order valence-electron chi connectivity index (χ0n) is 12.2. The van der Waals surface area contributed by atoms with Gasteiger partial charge in [-0.05, 0) is 38.9 Å². The summed E-state index contributed by atoms with van der Waals surface area (Å²) < 4.78 is 0. The number of nitrogens with one attached hydrogen (secondary N) is 1. The van der Waals surface area contributed by atoms with Crippen molar-refractivity contribution < 1.29 is 0 Å². The maximum atomic E-state index is 3.76. The third kappa shape index (κ3) is 5.99. The number of nitrogens with zero attached hydrogens (tertiary/aromatic N) is 1. The van der Waals surface area contributed by atoms with Crippen LogP contribution in [0.1, 0.15) is 31.9 Å². The molecule has 2 nitrogen and oxygen atoms in total. The highest BCUT2D eigenvalue weighted by Crippen LogP contribution is 2.09. The summed E-state index contributed by atoms with van der Waals surface area (Å²) in [7, 11) is 2.11. The van der Waals surface area contributed by atoms with Crippen molar-refractivity contribution in [3.05, 3.63) is 48.0 Å². The van der Waals surface area contributed by atoms with E-state index in [2.05, 4.69) is 68.9 Å². The largest absolute Gasteiger partial charge is 0.308 e. The minimum Gasteiger partial charge on any atom is -0.308 e. The van der Waals surface area contributed by atoms with E-state index in [-0.39, 0.29) is 5.54 Å². The van der Waals surface area contributed by atoms with Crippen LogP contribution in [0.25, 0.3) is 0 Å². The van der Waals surface area contributed by atoms with Gasteiger partial charge in [0.15, 0.2) is 0 Å². The topological polar surface area (TPSA) is 15.3 Å². The molecule has 1 aromatic rings. The number of rotatable bonds is 6. The van der Waals surface area contributed by atoms with Crippen LogP contribution in [-0.4, -0.2) is 24.0 Å². The summed E-state index contributed by atoms with van der Waals surface area (Å²) >= 11 is 0. The summed E-state index contributed by atoms with van der Waals surface area (Å²) in [6, 6.07) is 8.77. The molecular formula is C16H26N2. The molecule has 0 bridgehead atoms. The maximum absolute atomic E-state index is 3.76. The predicted molar refractivity (Wildman–Crippen MR) is 79.6 cm³/mol. The molecule has 0 aliphatic rings. The van der Waals surface area contributed by atoms with Gasteiger partial charge in [-0.3, -0.25) is 4.90 Å². The molecule has 1 aromatic carbocycles. The van der Waals surface area contributed by atoms with Gasteiger partial charge >= 0.3 is 0 Å². The Morgan fingerprint density at radius 1 is 1.28 bits per heavy atom. The molecule has 2 heteroatoms. The van der Waals surface area contributed by atoms with Gasteiger partial charge in [0.05, 0.1) is 0 Å². The van der Waals surface area contributed by atoms with Crippen molar-refractivity contribution in [2.75, 3.05) is 13.6 Å². The Morgan fingerprint density at radius 3 is 2.56 bits per heavy atom. The Kier molecular flexibility index (Phi) is 5.57. The fourth-order valence-corrected chi connectivity index (χ4v) is 1.80. The average Bonchev–Trinajstić information content (AvgIpc) is 2.26. The van der Waals surface area contributed by atoms with Crippen LogP contribution < -0.4 is 5.32 Å². The maximum Gasteiger partial charge on any atom is 0.0234 e. The molecule has 0 saturated carbocycles. The van der Waals surface area contributed by atoms with Crippen molar-refractivity contribution in [2.45, 2.75) is 39.4 Å². The van der Waals surface area contributed by atoms with Crippen LogP contribution in [0.5, 0.6) is 0 Å². The van der Waals surface area contributed by atoms with Crippen LogP contribution in [0.2, 0.25) is 0 Å². The number of benzene rings is 1. The van der Waals surface area contributed by atoms with Crippen molar-refractivity contribution in [3.8, 4) is 0 Å². The monoisotopic (exact) mass is 246 g/mol. The highest BCUT2D eigenvalue weighted by atomic mass is 15.1. The van der Waals surface area contributed by atoms with E-state index in [4.69, 9.17) is 0 Å². The molecule has 0 radical (unpaired) electrons. The molecule has 0 fully saturated rings. The summed E-state index contributed by atoms with van der Waals surface area (Å²) in [5.74, 6) is 0. The SMILES string of the molecule is C=CCN(C)Cc1cccc(CNC(C)(C)C)c1. The molecule has 0 aromatic heterocycles. The second-order valence-electron chi connectivity index (χ2n) is 5.91. The number of likely N-dealkylation sites (N-methyl/N-ethyl adjacent to an activating group) is 1. The van der Waals surface area contributed by atoms with E-state index in [1.807, 2.05) is 6.08 Å². The molecule has 0 spiro atoms. The van der Waals surface area contributed by atoms with Gasteiger partial charge in [0.2, 0.25) is 0 Å². The van der Waals surface area contributed by atoms with Crippen molar-refractivity contribution in [1.29, 1.82) is 0 Å². The Bertz CT molecular complexity index is 377. The fourth-order valence-electron chi connectivity index (χ4n) is 1.80. The van der Waals surface area contributed by atoms with Crippen molar-refractivity contribution in [2.24, 2.45) is 0 Å². The molecule has 0 atom stereocenters. The first kappa shape index (κ1) is 14.9. The Morgan fingerprint density at radius 2 is 1.94 bits per heavy atom.